The van der Waals surface area contributed by atoms with Gasteiger partial charge in [-0.3, -0.25) is 9.59 Å². The van der Waals surface area contributed by atoms with E-state index in [1.807, 2.05) is 38.3 Å². The Balaban J connectivity index is 0.00000117. The number of carbonyl (C=O) groups is 2. The van der Waals surface area contributed by atoms with Gasteiger partial charge in [0.2, 0.25) is 5.91 Å². The quantitative estimate of drug-likeness (QED) is 0.815. The van der Waals surface area contributed by atoms with Crippen LogP contribution in [0.1, 0.15) is 77.2 Å². The molecule has 6 nitrogen and oxygen atoms in total. The molecule has 0 radical (unpaired) electrons. The fourth-order valence-corrected chi connectivity index (χ4v) is 4.59. The molecule has 4 rings (SSSR count). The summed E-state index contributed by atoms with van der Waals surface area (Å²) in [5.41, 5.74) is 1.28. The molecular formula is C23H35N3O3. The fourth-order valence-electron chi connectivity index (χ4n) is 4.59. The molecule has 1 saturated carbocycles. The first-order valence-electron chi connectivity index (χ1n) is 11.1. The smallest absolute Gasteiger partial charge is 0.271 e. The van der Waals surface area contributed by atoms with Crippen LogP contribution in [0, 0.1) is 5.92 Å². The lowest BCUT2D eigenvalue weighted by Gasteiger charge is -2.44. The first-order valence-corrected chi connectivity index (χ1v) is 11.1. The summed E-state index contributed by atoms with van der Waals surface area (Å²) in [5.74, 6) is 0.600. The molecule has 29 heavy (non-hydrogen) atoms. The molecule has 1 aliphatic heterocycles. The summed E-state index contributed by atoms with van der Waals surface area (Å²) >= 11 is 0. The minimum absolute atomic E-state index is 0.0418. The van der Waals surface area contributed by atoms with Gasteiger partial charge in [-0.15, -0.1) is 0 Å². The van der Waals surface area contributed by atoms with Gasteiger partial charge in [-0.25, -0.2) is 0 Å². The van der Waals surface area contributed by atoms with Crippen molar-refractivity contribution < 1.29 is 14.0 Å². The van der Waals surface area contributed by atoms with Gasteiger partial charge < -0.3 is 19.2 Å². The lowest BCUT2D eigenvalue weighted by molar-refractivity contribution is -0.133. The van der Waals surface area contributed by atoms with E-state index in [0.717, 1.165) is 43.5 Å². The van der Waals surface area contributed by atoms with Crippen molar-refractivity contribution in [1.82, 2.24) is 14.8 Å². The third-order valence-electron chi connectivity index (χ3n) is 6.34. The van der Waals surface area contributed by atoms with E-state index in [9.17, 15) is 9.59 Å². The molecule has 2 aromatic heterocycles. The standard InChI is InChI=1S/C21H29N3O3.C2H6/c1-4-10-24-19(25)17-12-18-16(9-11-27-18)23(17)13-21(24,3)20(26)22-15-7-5-14(2)6-8-15;1-2/h9,11-12,14-15H,4-8,10,13H2,1-3H3,(H,22,26);1-2H3. The molecule has 3 heterocycles. The number of amides is 2. The van der Waals surface area contributed by atoms with Gasteiger partial charge >= 0.3 is 0 Å². The number of aromatic nitrogens is 1. The number of nitrogens with zero attached hydrogens (tertiary/aromatic N) is 2. The summed E-state index contributed by atoms with van der Waals surface area (Å²) in [5, 5.41) is 3.25. The van der Waals surface area contributed by atoms with E-state index in [1.54, 1.807) is 17.2 Å². The van der Waals surface area contributed by atoms with Crippen molar-refractivity contribution in [3.05, 3.63) is 24.1 Å². The first-order chi connectivity index (χ1) is 13.9. The Hall–Kier alpha value is -2.24. The van der Waals surface area contributed by atoms with Crippen molar-refractivity contribution >= 4 is 22.9 Å². The van der Waals surface area contributed by atoms with Crippen molar-refractivity contribution in [1.29, 1.82) is 0 Å². The number of nitrogens with one attached hydrogen (secondary N) is 1. The molecule has 0 saturated heterocycles. The molecule has 1 unspecified atom stereocenters. The Kier molecular flexibility index (Phi) is 6.39. The zero-order valence-electron chi connectivity index (χ0n) is 18.5. The van der Waals surface area contributed by atoms with E-state index < -0.39 is 5.54 Å². The van der Waals surface area contributed by atoms with Gasteiger partial charge in [0.25, 0.3) is 5.91 Å². The maximum absolute atomic E-state index is 13.4. The lowest BCUT2D eigenvalue weighted by Crippen LogP contribution is -2.65. The van der Waals surface area contributed by atoms with Gasteiger partial charge in [0.15, 0.2) is 5.58 Å². The normalized spacial score (nSPS) is 26.7. The Labute approximate surface area is 173 Å². The van der Waals surface area contributed by atoms with E-state index in [4.69, 9.17) is 4.42 Å². The second kappa shape index (κ2) is 8.64. The predicted molar refractivity (Wildman–Crippen MR) is 115 cm³/mol. The third kappa shape index (κ3) is 3.81. The van der Waals surface area contributed by atoms with Gasteiger partial charge in [0, 0.05) is 24.7 Å². The van der Waals surface area contributed by atoms with Crippen LogP contribution < -0.4 is 5.32 Å². The number of carbonyl (C=O) groups excluding carboxylic acids is 2. The molecule has 1 aliphatic carbocycles. The van der Waals surface area contributed by atoms with Crippen molar-refractivity contribution in [2.75, 3.05) is 6.54 Å². The van der Waals surface area contributed by atoms with E-state index in [-0.39, 0.29) is 17.9 Å². The summed E-state index contributed by atoms with van der Waals surface area (Å²) in [6, 6.07) is 3.87. The summed E-state index contributed by atoms with van der Waals surface area (Å²) < 4.78 is 7.42. The van der Waals surface area contributed by atoms with Crippen LogP contribution in [-0.2, 0) is 11.3 Å². The molecule has 0 bridgehead atoms. The highest BCUT2D eigenvalue weighted by Gasteiger charge is 2.48. The number of hydrogen-bond acceptors (Lipinski definition) is 3. The second-order valence-electron chi connectivity index (χ2n) is 8.45. The number of fused-ring (bicyclic) bond motifs is 3. The summed E-state index contributed by atoms with van der Waals surface area (Å²) in [7, 11) is 0. The van der Waals surface area contributed by atoms with Gasteiger partial charge in [-0.2, -0.15) is 0 Å². The monoisotopic (exact) mass is 401 g/mol. The predicted octanol–water partition coefficient (Wildman–Crippen LogP) is 4.58. The zero-order valence-corrected chi connectivity index (χ0v) is 18.5. The molecule has 160 valence electrons. The topological polar surface area (TPSA) is 67.5 Å². The van der Waals surface area contributed by atoms with Crippen LogP contribution >= 0.6 is 0 Å². The van der Waals surface area contributed by atoms with E-state index >= 15 is 0 Å². The van der Waals surface area contributed by atoms with Crippen LogP contribution in [0.4, 0.5) is 0 Å². The van der Waals surface area contributed by atoms with E-state index in [2.05, 4.69) is 12.2 Å². The molecule has 1 N–H and O–H groups in total. The molecule has 0 spiro atoms. The number of furan rings is 1. The highest BCUT2D eigenvalue weighted by atomic mass is 16.3. The molecule has 6 heteroatoms. The van der Waals surface area contributed by atoms with E-state index in [1.165, 1.54) is 0 Å². The molecule has 2 aromatic rings. The van der Waals surface area contributed by atoms with Crippen molar-refractivity contribution in [3.63, 3.8) is 0 Å². The van der Waals surface area contributed by atoms with Gasteiger partial charge in [-0.1, -0.05) is 27.7 Å². The Morgan fingerprint density at radius 1 is 1.28 bits per heavy atom. The second-order valence-corrected chi connectivity index (χ2v) is 8.45. The van der Waals surface area contributed by atoms with Crippen LogP contribution in [-0.4, -0.2) is 39.4 Å². The van der Waals surface area contributed by atoms with Crippen LogP contribution in [0.5, 0.6) is 0 Å². The Bertz CT molecular complexity index is 860. The largest absolute Gasteiger partial charge is 0.463 e. The number of hydrogen-bond donors (Lipinski definition) is 1. The number of rotatable bonds is 4. The van der Waals surface area contributed by atoms with Crippen molar-refractivity contribution in [2.24, 2.45) is 5.92 Å². The van der Waals surface area contributed by atoms with Gasteiger partial charge in [-0.05, 0) is 44.9 Å². The summed E-state index contributed by atoms with van der Waals surface area (Å²) in [6.45, 7) is 11.2. The molecule has 2 amide bonds. The molecule has 1 atom stereocenters. The average molecular weight is 402 g/mol. The fraction of sp³-hybridized carbons (Fsp3) is 0.652. The van der Waals surface area contributed by atoms with Crippen molar-refractivity contribution in [3.8, 4) is 0 Å². The molecule has 2 aliphatic rings. The third-order valence-corrected chi connectivity index (χ3v) is 6.34. The minimum Gasteiger partial charge on any atom is -0.463 e. The Morgan fingerprint density at radius 2 is 1.97 bits per heavy atom. The highest BCUT2D eigenvalue weighted by molar-refractivity contribution is 6.02. The lowest BCUT2D eigenvalue weighted by atomic mass is 9.86. The van der Waals surface area contributed by atoms with E-state index in [0.29, 0.717) is 24.4 Å². The van der Waals surface area contributed by atoms with Crippen LogP contribution in [0.3, 0.4) is 0 Å². The van der Waals surface area contributed by atoms with Crippen LogP contribution in [0.15, 0.2) is 22.8 Å². The Morgan fingerprint density at radius 3 is 2.62 bits per heavy atom. The molecular weight excluding hydrogens is 366 g/mol. The first kappa shape index (κ1) is 21.5. The van der Waals surface area contributed by atoms with Gasteiger partial charge in [0.1, 0.15) is 11.2 Å². The summed E-state index contributed by atoms with van der Waals surface area (Å²) in [6.07, 6.45) is 6.78. The van der Waals surface area contributed by atoms with Crippen molar-refractivity contribution in [2.45, 2.75) is 84.8 Å². The SMILES string of the molecule is CC.CCCN1C(=O)c2cc3occc3n2CC1(C)C(=O)NC1CCC(C)CC1. The highest BCUT2D eigenvalue weighted by Crippen LogP contribution is 2.33. The molecule has 0 aromatic carbocycles. The van der Waals surface area contributed by atoms with Crippen LogP contribution in [0.2, 0.25) is 0 Å². The maximum atomic E-state index is 13.4. The average Bonchev–Trinajstić information content (AvgIpc) is 3.31. The summed E-state index contributed by atoms with van der Waals surface area (Å²) in [4.78, 5) is 28.3. The molecule has 1 fully saturated rings. The van der Waals surface area contributed by atoms with Crippen LogP contribution in [0.25, 0.3) is 11.1 Å². The van der Waals surface area contributed by atoms with Gasteiger partial charge in [0.05, 0.1) is 18.3 Å². The minimum atomic E-state index is -0.896. The zero-order chi connectivity index (χ0) is 21.2. The maximum Gasteiger partial charge on any atom is 0.271 e.